The van der Waals surface area contributed by atoms with Crippen LogP contribution < -0.4 is 10.6 Å². The third-order valence-electron chi connectivity index (χ3n) is 4.42. The number of hydrogen-bond acceptors (Lipinski definition) is 2. The van der Waals surface area contributed by atoms with Crippen LogP contribution in [0, 0.1) is 0 Å². The summed E-state index contributed by atoms with van der Waals surface area (Å²) in [5.74, 6) is -0.303. The normalized spacial score (nSPS) is 22.5. The number of benzene rings is 2. The first-order valence-corrected chi connectivity index (χ1v) is 6.93. The lowest BCUT2D eigenvalue weighted by Gasteiger charge is -2.21. The molecular formula is C17H14N2O2. The predicted molar refractivity (Wildman–Crippen MR) is 78.7 cm³/mol. The van der Waals surface area contributed by atoms with Crippen molar-refractivity contribution in [2.45, 2.75) is 18.9 Å². The molecule has 0 radical (unpaired) electrons. The Morgan fingerprint density at radius 1 is 1.00 bits per heavy atom. The van der Waals surface area contributed by atoms with E-state index >= 15 is 0 Å². The van der Waals surface area contributed by atoms with Gasteiger partial charge in [-0.3, -0.25) is 10.1 Å². The molecule has 0 spiro atoms. The van der Waals surface area contributed by atoms with Crippen molar-refractivity contribution >= 4 is 11.9 Å². The van der Waals surface area contributed by atoms with Gasteiger partial charge in [-0.15, -0.1) is 0 Å². The van der Waals surface area contributed by atoms with E-state index in [0.29, 0.717) is 0 Å². The van der Waals surface area contributed by atoms with Crippen molar-refractivity contribution in [3.63, 3.8) is 0 Å². The van der Waals surface area contributed by atoms with Gasteiger partial charge in [-0.25, -0.2) is 4.79 Å². The van der Waals surface area contributed by atoms with E-state index in [2.05, 4.69) is 22.8 Å². The predicted octanol–water partition coefficient (Wildman–Crippen LogP) is 2.31. The summed E-state index contributed by atoms with van der Waals surface area (Å²) in [6, 6.07) is 13.9. The Hall–Kier alpha value is -2.62. The molecule has 4 rings (SSSR count). The number of amides is 3. The lowest BCUT2D eigenvalue weighted by Crippen LogP contribution is -2.40. The summed E-state index contributed by atoms with van der Waals surface area (Å²) in [4.78, 5) is 23.4. The summed E-state index contributed by atoms with van der Waals surface area (Å²) in [6.45, 7) is 1.73. The van der Waals surface area contributed by atoms with Gasteiger partial charge < -0.3 is 5.32 Å². The van der Waals surface area contributed by atoms with Crippen molar-refractivity contribution in [3.05, 3.63) is 59.2 Å². The molecule has 2 aliphatic rings. The highest BCUT2D eigenvalue weighted by Crippen LogP contribution is 2.38. The van der Waals surface area contributed by atoms with E-state index in [-0.39, 0.29) is 5.91 Å². The fourth-order valence-electron chi connectivity index (χ4n) is 3.20. The average molecular weight is 278 g/mol. The van der Waals surface area contributed by atoms with Crippen LogP contribution in [0.25, 0.3) is 11.1 Å². The molecule has 2 aromatic rings. The number of urea groups is 1. The SMILES string of the molecule is CC1(c2ccc3c(c2)Cc2ccccc2-3)NC(=O)NC1=O. The first-order valence-electron chi connectivity index (χ1n) is 6.93. The minimum atomic E-state index is -0.985. The Kier molecular flexibility index (Phi) is 2.28. The highest BCUT2D eigenvalue weighted by Gasteiger charge is 2.43. The number of fused-ring (bicyclic) bond motifs is 3. The van der Waals surface area contributed by atoms with E-state index in [1.807, 2.05) is 30.3 Å². The Morgan fingerprint density at radius 3 is 2.52 bits per heavy atom. The Labute approximate surface area is 122 Å². The zero-order chi connectivity index (χ0) is 14.6. The quantitative estimate of drug-likeness (QED) is 0.671. The Bertz CT molecular complexity index is 797. The van der Waals surface area contributed by atoms with E-state index in [1.165, 1.54) is 22.3 Å². The Morgan fingerprint density at radius 2 is 1.76 bits per heavy atom. The van der Waals surface area contributed by atoms with Gasteiger partial charge >= 0.3 is 6.03 Å². The molecule has 0 bridgehead atoms. The molecule has 1 atom stereocenters. The van der Waals surface area contributed by atoms with Crippen LogP contribution in [-0.4, -0.2) is 11.9 Å². The molecular weight excluding hydrogens is 264 g/mol. The molecule has 3 amide bonds. The fourth-order valence-corrected chi connectivity index (χ4v) is 3.20. The Balaban J connectivity index is 1.81. The molecule has 1 fully saturated rings. The zero-order valence-electron chi connectivity index (χ0n) is 11.6. The zero-order valence-corrected chi connectivity index (χ0v) is 11.6. The first kappa shape index (κ1) is 12.1. The van der Waals surface area contributed by atoms with Crippen molar-refractivity contribution in [1.29, 1.82) is 0 Å². The number of carbonyl (C=O) groups is 2. The lowest BCUT2D eigenvalue weighted by atomic mass is 9.89. The minimum Gasteiger partial charge on any atom is -0.320 e. The van der Waals surface area contributed by atoms with Crippen LogP contribution in [0.2, 0.25) is 0 Å². The highest BCUT2D eigenvalue weighted by molar-refractivity contribution is 6.07. The molecule has 1 aliphatic carbocycles. The second-order valence-electron chi connectivity index (χ2n) is 5.74. The van der Waals surface area contributed by atoms with Gasteiger partial charge in [0.1, 0.15) is 5.54 Å². The molecule has 2 N–H and O–H groups in total. The molecule has 21 heavy (non-hydrogen) atoms. The molecule has 1 heterocycles. The summed E-state index contributed by atoms with van der Waals surface area (Å²) >= 11 is 0. The van der Waals surface area contributed by atoms with Crippen molar-refractivity contribution < 1.29 is 9.59 Å². The molecule has 4 nitrogen and oxygen atoms in total. The van der Waals surface area contributed by atoms with Gasteiger partial charge in [0.05, 0.1) is 0 Å². The molecule has 2 aromatic carbocycles. The van der Waals surface area contributed by atoms with Crippen LogP contribution >= 0.6 is 0 Å². The lowest BCUT2D eigenvalue weighted by molar-refractivity contribution is -0.123. The number of imide groups is 1. The van der Waals surface area contributed by atoms with Crippen molar-refractivity contribution in [3.8, 4) is 11.1 Å². The smallest absolute Gasteiger partial charge is 0.320 e. The van der Waals surface area contributed by atoms with Gasteiger partial charge in [-0.1, -0.05) is 42.5 Å². The maximum absolute atomic E-state index is 12.0. The molecule has 1 unspecified atom stereocenters. The van der Waals surface area contributed by atoms with E-state index < -0.39 is 11.6 Å². The van der Waals surface area contributed by atoms with Gasteiger partial charge in [0.2, 0.25) is 0 Å². The minimum absolute atomic E-state index is 0.303. The molecule has 0 saturated carbocycles. The second kappa shape index (κ2) is 3.95. The maximum Gasteiger partial charge on any atom is 0.322 e. The van der Waals surface area contributed by atoms with Gasteiger partial charge in [-0.05, 0) is 41.2 Å². The topological polar surface area (TPSA) is 58.2 Å². The number of rotatable bonds is 1. The van der Waals surface area contributed by atoms with Gasteiger partial charge in [0.25, 0.3) is 5.91 Å². The summed E-state index contributed by atoms with van der Waals surface area (Å²) in [6.07, 6.45) is 0.866. The van der Waals surface area contributed by atoms with Crippen LogP contribution in [-0.2, 0) is 16.8 Å². The highest BCUT2D eigenvalue weighted by atomic mass is 16.2. The number of nitrogens with one attached hydrogen (secondary N) is 2. The molecule has 1 saturated heterocycles. The number of carbonyl (C=O) groups excluding carboxylic acids is 2. The summed E-state index contributed by atoms with van der Waals surface area (Å²) in [5, 5.41) is 5.01. The maximum atomic E-state index is 12.0. The summed E-state index contributed by atoms with van der Waals surface area (Å²) < 4.78 is 0. The second-order valence-corrected chi connectivity index (χ2v) is 5.74. The van der Waals surface area contributed by atoms with Gasteiger partial charge in [0, 0.05) is 0 Å². The van der Waals surface area contributed by atoms with Crippen LogP contribution in [0.1, 0.15) is 23.6 Å². The van der Waals surface area contributed by atoms with Crippen LogP contribution in [0.15, 0.2) is 42.5 Å². The van der Waals surface area contributed by atoms with Gasteiger partial charge in [-0.2, -0.15) is 0 Å². The van der Waals surface area contributed by atoms with E-state index in [0.717, 1.165) is 12.0 Å². The largest absolute Gasteiger partial charge is 0.322 e. The van der Waals surface area contributed by atoms with Gasteiger partial charge in [0.15, 0.2) is 0 Å². The molecule has 0 aromatic heterocycles. The van der Waals surface area contributed by atoms with E-state index in [1.54, 1.807) is 6.92 Å². The summed E-state index contributed by atoms with van der Waals surface area (Å²) in [7, 11) is 0. The molecule has 104 valence electrons. The van der Waals surface area contributed by atoms with Crippen molar-refractivity contribution in [2.75, 3.05) is 0 Å². The first-order chi connectivity index (χ1) is 10.1. The van der Waals surface area contributed by atoms with Crippen LogP contribution in [0.5, 0.6) is 0 Å². The monoisotopic (exact) mass is 278 g/mol. The van der Waals surface area contributed by atoms with E-state index in [4.69, 9.17) is 0 Å². The molecule has 1 aliphatic heterocycles. The van der Waals surface area contributed by atoms with Crippen molar-refractivity contribution in [2.24, 2.45) is 0 Å². The van der Waals surface area contributed by atoms with Crippen molar-refractivity contribution in [1.82, 2.24) is 10.6 Å². The third-order valence-corrected chi connectivity index (χ3v) is 4.42. The van der Waals surface area contributed by atoms with Crippen LogP contribution in [0.3, 0.4) is 0 Å². The fraction of sp³-hybridized carbons (Fsp3) is 0.176. The third kappa shape index (κ3) is 1.62. The average Bonchev–Trinajstić information content (AvgIpc) is 2.96. The van der Waals surface area contributed by atoms with Crippen LogP contribution in [0.4, 0.5) is 4.79 Å². The number of hydrogen-bond donors (Lipinski definition) is 2. The molecule has 4 heteroatoms. The summed E-state index contributed by atoms with van der Waals surface area (Å²) in [5.41, 5.74) is 4.80. The van der Waals surface area contributed by atoms with E-state index in [9.17, 15) is 9.59 Å². The standard InChI is InChI=1S/C17H14N2O2/c1-17(15(20)18-16(21)19-17)12-6-7-14-11(9-12)8-10-4-2-3-5-13(10)14/h2-7,9H,8H2,1H3,(H2,18,19,20,21).